The summed E-state index contributed by atoms with van der Waals surface area (Å²) >= 11 is 0. The van der Waals surface area contributed by atoms with Crippen molar-refractivity contribution in [1.29, 1.82) is 5.26 Å². The number of hydrogen-bond acceptors (Lipinski definition) is 5. The molecule has 20 heavy (non-hydrogen) atoms. The monoisotopic (exact) mass is 314 g/mol. The molecule has 0 aliphatic heterocycles. The summed E-state index contributed by atoms with van der Waals surface area (Å²) in [7, 11) is -4.64. The summed E-state index contributed by atoms with van der Waals surface area (Å²) in [5.74, 6) is 0.475. The van der Waals surface area contributed by atoms with Crippen molar-refractivity contribution in [2.45, 2.75) is 11.8 Å². The van der Waals surface area contributed by atoms with Crippen LogP contribution in [0.4, 0.5) is 0 Å². The van der Waals surface area contributed by atoms with Gasteiger partial charge in [-0.1, -0.05) is 6.92 Å². The van der Waals surface area contributed by atoms with Crippen molar-refractivity contribution in [2.75, 3.05) is 23.8 Å². The Kier molecular flexibility index (Phi) is 6.33. The first-order chi connectivity index (χ1) is 9.39. The van der Waals surface area contributed by atoms with Gasteiger partial charge in [-0.15, -0.1) is 0 Å². The first kappa shape index (κ1) is 16.8. The van der Waals surface area contributed by atoms with Gasteiger partial charge in [0.2, 0.25) is 0 Å². The lowest BCUT2D eigenvalue weighted by Gasteiger charge is -2.08. The number of rotatable bonds is 7. The average Bonchev–Trinajstić information content (AvgIpc) is 2.45. The van der Waals surface area contributed by atoms with Gasteiger partial charge in [-0.2, -0.15) is 5.26 Å². The molecule has 1 aromatic rings. The van der Waals surface area contributed by atoms with Crippen molar-refractivity contribution < 1.29 is 12.6 Å². The maximum Gasteiger partial charge on any atom is 0.179 e. The van der Waals surface area contributed by atoms with Crippen molar-refractivity contribution in [3.8, 4) is 6.07 Å². The zero-order chi connectivity index (χ0) is 15.2. The van der Waals surface area contributed by atoms with Crippen molar-refractivity contribution >= 4 is 20.6 Å². The van der Waals surface area contributed by atoms with E-state index in [1.165, 1.54) is 24.3 Å². The number of nitriles is 1. The molecule has 0 aliphatic rings. The van der Waals surface area contributed by atoms with Gasteiger partial charge in [0.1, 0.15) is 0 Å². The van der Waals surface area contributed by atoms with Gasteiger partial charge in [0.25, 0.3) is 0 Å². The average molecular weight is 314 g/mol. The highest BCUT2D eigenvalue weighted by molar-refractivity contribution is 7.93. The van der Waals surface area contributed by atoms with E-state index in [9.17, 15) is 12.6 Å². The van der Waals surface area contributed by atoms with Gasteiger partial charge in [-0.25, -0.2) is 8.42 Å². The molecule has 0 bridgehead atoms. The van der Waals surface area contributed by atoms with Crippen LogP contribution in [0.1, 0.15) is 12.5 Å². The molecule has 0 saturated carbocycles. The molecule has 0 amide bonds. The van der Waals surface area contributed by atoms with Gasteiger partial charge in [-0.05, 0) is 36.7 Å². The highest BCUT2D eigenvalue weighted by Crippen LogP contribution is 2.12. The van der Waals surface area contributed by atoms with Crippen molar-refractivity contribution in [3.63, 3.8) is 0 Å². The standard InChI is InChI=1S/C13H18N2O3S2/c1-11(8-14)10-19(16)6-7-20(17,18)13-4-2-12(9-15)3-5-13/h2-5,11H,6-8,10,14H2,1H3. The first-order valence-corrected chi connectivity index (χ1v) is 9.31. The number of benzene rings is 1. The summed E-state index contributed by atoms with van der Waals surface area (Å²) < 4.78 is 35.8. The Balaban J connectivity index is 2.66. The van der Waals surface area contributed by atoms with Crippen LogP contribution in [-0.2, 0) is 20.6 Å². The molecule has 1 aromatic carbocycles. The van der Waals surface area contributed by atoms with E-state index in [0.29, 0.717) is 17.9 Å². The van der Waals surface area contributed by atoms with Gasteiger partial charge in [0.15, 0.2) is 9.84 Å². The largest absolute Gasteiger partial charge is 0.330 e. The Morgan fingerprint density at radius 1 is 1.35 bits per heavy atom. The second-order valence-electron chi connectivity index (χ2n) is 4.61. The lowest BCUT2D eigenvalue weighted by atomic mass is 10.2. The second kappa shape index (κ2) is 7.53. The van der Waals surface area contributed by atoms with Crippen LogP contribution in [-0.4, -0.2) is 36.4 Å². The highest BCUT2D eigenvalue weighted by Gasteiger charge is 2.16. The van der Waals surface area contributed by atoms with Crippen LogP contribution in [0.15, 0.2) is 29.2 Å². The number of hydrogen-bond donors (Lipinski definition) is 1. The molecule has 0 saturated heterocycles. The maximum absolute atomic E-state index is 12.0. The van der Waals surface area contributed by atoms with E-state index < -0.39 is 20.6 Å². The first-order valence-electron chi connectivity index (χ1n) is 6.17. The predicted octanol–water partition coefficient (Wildman–Crippen LogP) is 0.675. The van der Waals surface area contributed by atoms with Gasteiger partial charge in [0, 0.05) is 22.3 Å². The molecular formula is C13H18N2O3S2. The lowest BCUT2D eigenvalue weighted by Crippen LogP contribution is -2.22. The van der Waals surface area contributed by atoms with Gasteiger partial charge in [0.05, 0.1) is 22.3 Å². The summed E-state index contributed by atoms with van der Waals surface area (Å²) in [5, 5.41) is 8.66. The Morgan fingerprint density at radius 2 is 1.95 bits per heavy atom. The fraction of sp³-hybridized carbons (Fsp3) is 0.462. The lowest BCUT2D eigenvalue weighted by molar-refractivity contribution is 0.596. The van der Waals surface area contributed by atoms with Crippen molar-refractivity contribution in [3.05, 3.63) is 29.8 Å². The fourth-order valence-corrected chi connectivity index (χ4v) is 4.87. The summed E-state index contributed by atoms with van der Waals surface area (Å²) in [4.78, 5) is 0.153. The van der Waals surface area contributed by atoms with E-state index in [4.69, 9.17) is 11.0 Å². The number of sulfone groups is 1. The summed E-state index contributed by atoms with van der Waals surface area (Å²) in [6.07, 6.45) is 0. The Morgan fingerprint density at radius 3 is 2.45 bits per heavy atom. The normalized spacial score (nSPS) is 14.4. The van der Waals surface area contributed by atoms with Crippen molar-refractivity contribution in [2.24, 2.45) is 11.7 Å². The van der Waals surface area contributed by atoms with E-state index in [2.05, 4.69) is 0 Å². The Bertz CT molecular complexity index is 603. The van der Waals surface area contributed by atoms with Crippen LogP contribution >= 0.6 is 0 Å². The molecule has 5 nitrogen and oxygen atoms in total. The third kappa shape index (κ3) is 5.04. The quantitative estimate of drug-likeness (QED) is 0.797. The number of nitrogens with zero attached hydrogens (tertiary/aromatic N) is 1. The van der Waals surface area contributed by atoms with Crippen LogP contribution in [0.25, 0.3) is 0 Å². The molecule has 110 valence electrons. The summed E-state index contributed by atoms with van der Waals surface area (Å²) in [6, 6.07) is 7.65. The molecule has 7 heteroatoms. The smallest absolute Gasteiger partial charge is 0.179 e. The minimum absolute atomic E-state index is 0.104. The Hall–Kier alpha value is -1.23. The molecule has 0 aromatic heterocycles. The van der Waals surface area contributed by atoms with Crippen LogP contribution in [0.2, 0.25) is 0 Å². The molecular weight excluding hydrogens is 296 g/mol. The third-order valence-corrected chi connectivity index (χ3v) is 6.39. The van der Waals surface area contributed by atoms with Crippen molar-refractivity contribution in [1.82, 2.24) is 0 Å². The summed E-state index contributed by atoms with van der Waals surface area (Å²) in [5.41, 5.74) is 5.85. The topological polar surface area (TPSA) is 101 Å². The van der Waals surface area contributed by atoms with E-state index in [1.807, 2.05) is 13.0 Å². The molecule has 1 rings (SSSR count). The second-order valence-corrected chi connectivity index (χ2v) is 8.34. The molecule has 0 radical (unpaired) electrons. The van der Waals surface area contributed by atoms with E-state index in [-0.39, 0.29) is 22.3 Å². The molecule has 0 fully saturated rings. The van der Waals surface area contributed by atoms with Gasteiger partial charge >= 0.3 is 0 Å². The van der Waals surface area contributed by atoms with Gasteiger partial charge < -0.3 is 5.73 Å². The molecule has 2 unspecified atom stereocenters. The van der Waals surface area contributed by atoms with Crippen LogP contribution < -0.4 is 5.73 Å². The zero-order valence-corrected chi connectivity index (χ0v) is 12.9. The molecule has 2 N–H and O–H groups in total. The minimum Gasteiger partial charge on any atom is -0.330 e. The van der Waals surface area contributed by atoms with Gasteiger partial charge in [-0.3, -0.25) is 4.21 Å². The fourth-order valence-electron chi connectivity index (χ4n) is 1.53. The highest BCUT2D eigenvalue weighted by atomic mass is 32.2. The zero-order valence-electron chi connectivity index (χ0n) is 11.3. The third-order valence-electron chi connectivity index (χ3n) is 2.80. The van der Waals surface area contributed by atoms with E-state index in [1.54, 1.807) is 0 Å². The SMILES string of the molecule is CC(CN)CS(=O)CCS(=O)(=O)c1ccc(C#N)cc1. The van der Waals surface area contributed by atoms with Crippen LogP contribution in [0.5, 0.6) is 0 Å². The number of nitrogens with two attached hydrogens (primary N) is 1. The molecule has 0 spiro atoms. The summed E-state index contributed by atoms with van der Waals surface area (Å²) in [6.45, 7) is 2.32. The molecule has 0 aliphatic carbocycles. The van der Waals surface area contributed by atoms with E-state index in [0.717, 1.165) is 0 Å². The minimum atomic E-state index is -3.46. The maximum atomic E-state index is 12.0. The van der Waals surface area contributed by atoms with E-state index >= 15 is 0 Å². The van der Waals surface area contributed by atoms with Crippen LogP contribution in [0.3, 0.4) is 0 Å². The molecule has 2 atom stereocenters. The Labute approximate surface area is 122 Å². The predicted molar refractivity (Wildman–Crippen MR) is 79.3 cm³/mol. The molecule has 0 heterocycles. The van der Waals surface area contributed by atoms with Crippen LogP contribution in [0, 0.1) is 17.2 Å².